The highest BCUT2D eigenvalue weighted by Gasteiger charge is 2.37. The van der Waals surface area contributed by atoms with Gasteiger partial charge in [0.25, 0.3) is 0 Å². The molecule has 3 amide bonds. The average Bonchev–Trinajstić information content (AvgIpc) is 3.82. The number of likely N-dealkylation sites (N-methyl/N-ethyl adjacent to an activating group) is 1. The third-order valence-electron chi connectivity index (χ3n) is 7.06. The number of carbonyl (C=O) groups excluding carboxylic acids is 3. The van der Waals surface area contributed by atoms with Gasteiger partial charge in [-0.2, -0.15) is 0 Å². The molecule has 3 N–H and O–H groups in total. The van der Waals surface area contributed by atoms with E-state index in [9.17, 15) is 14.4 Å². The van der Waals surface area contributed by atoms with Crippen LogP contribution in [0.25, 0.3) is 0 Å². The number of allylic oxidation sites excluding steroid dienone is 4. The van der Waals surface area contributed by atoms with Crippen molar-refractivity contribution in [1.82, 2.24) is 20.9 Å². The number of ether oxygens (including phenoxy) is 1. The standard InChI is InChI=1S/C22H34N4O4.C10H14.C2H6/c1-4-5-6-7-18-16(2)10-11-23-19(27)14-25-20(28)15-26(3)22(29)21(17-8-9-17)24-12-13-30-18;1-4-10-6-5-8(2)9(3)7-10;1-2/h4-7,17,21,24H,8-15H2,1-3H3,(H,23,27)(H,25,28);5-7H,4H2,1-3H3;1-2H3/b5-4-,7-6-,18-16-;;. The highest BCUT2D eigenvalue weighted by molar-refractivity contribution is 5.89. The molecule has 234 valence electrons. The monoisotopic (exact) mass is 582 g/mol. The molecule has 0 radical (unpaired) electrons. The molecular weight excluding hydrogens is 528 g/mol. The first-order valence-corrected chi connectivity index (χ1v) is 15.4. The van der Waals surface area contributed by atoms with E-state index in [4.69, 9.17) is 4.74 Å². The second kappa shape index (κ2) is 20.5. The van der Waals surface area contributed by atoms with Crippen LogP contribution in [0.5, 0.6) is 0 Å². The Bertz CT molecular complexity index is 1090. The molecule has 0 aromatic heterocycles. The van der Waals surface area contributed by atoms with Gasteiger partial charge < -0.3 is 25.6 Å². The molecule has 8 heteroatoms. The zero-order valence-electron chi connectivity index (χ0n) is 27.1. The van der Waals surface area contributed by atoms with Gasteiger partial charge in [-0.15, -0.1) is 0 Å². The van der Waals surface area contributed by atoms with Gasteiger partial charge in [0.1, 0.15) is 12.4 Å². The molecular formula is C34H54N4O4. The largest absolute Gasteiger partial charge is 0.492 e. The Labute approximate surface area is 254 Å². The zero-order chi connectivity index (χ0) is 31.5. The van der Waals surface area contributed by atoms with Crippen LogP contribution in [-0.2, 0) is 25.5 Å². The van der Waals surface area contributed by atoms with E-state index in [-0.39, 0.29) is 36.9 Å². The van der Waals surface area contributed by atoms with Gasteiger partial charge in [-0.05, 0) is 87.6 Å². The molecule has 1 aromatic carbocycles. The third kappa shape index (κ3) is 14.0. The van der Waals surface area contributed by atoms with Crippen molar-refractivity contribution < 1.29 is 19.1 Å². The fourth-order valence-electron chi connectivity index (χ4n) is 4.19. The Morgan fingerprint density at radius 1 is 0.976 bits per heavy atom. The molecule has 0 bridgehead atoms. The maximum Gasteiger partial charge on any atom is 0.240 e. The van der Waals surface area contributed by atoms with E-state index >= 15 is 0 Å². The molecule has 8 nitrogen and oxygen atoms in total. The van der Waals surface area contributed by atoms with Gasteiger partial charge in [0, 0.05) is 20.1 Å². The molecule has 1 heterocycles. The van der Waals surface area contributed by atoms with Crippen LogP contribution in [0.15, 0.2) is 53.8 Å². The fourth-order valence-corrected chi connectivity index (χ4v) is 4.19. The predicted octanol–water partition coefficient (Wildman–Crippen LogP) is 4.76. The maximum absolute atomic E-state index is 12.8. The summed E-state index contributed by atoms with van der Waals surface area (Å²) in [6.45, 7) is 15.6. The minimum Gasteiger partial charge on any atom is -0.492 e. The normalized spacial score (nSPS) is 21.4. The van der Waals surface area contributed by atoms with Crippen molar-refractivity contribution in [2.75, 3.05) is 39.8 Å². The van der Waals surface area contributed by atoms with Gasteiger partial charge in [0.05, 0.1) is 19.1 Å². The summed E-state index contributed by atoms with van der Waals surface area (Å²) < 4.78 is 5.97. The lowest BCUT2D eigenvalue weighted by molar-refractivity contribution is -0.137. The van der Waals surface area contributed by atoms with Gasteiger partial charge in [0.2, 0.25) is 17.7 Å². The summed E-state index contributed by atoms with van der Waals surface area (Å²) in [6, 6.07) is 6.32. The Morgan fingerprint density at radius 2 is 1.69 bits per heavy atom. The van der Waals surface area contributed by atoms with Crippen molar-refractivity contribution in [2.45, 2.75) is 80.2 Å². The number of benzene rings is 1. The fraction of sp³-hybridized carbons (Fsp3) is 0.559. The second-order valence-electron chi connectivity index (χ2n) is 10.5. The Balaban J connectivity index is 0.000000613. The van der Waals surface area contributed by atoms with Gasteiger partial charge in [-0.1, -0.05) is 57.2 Å². The van der Waals surface area contributed by atoms with Crippen LogP contribution < -0.4 is 16.0 Å². The van der Waals surface area contributed by atoms with Crippen LogP contribution in [0.4, 0.5) is 0 Å². The number of nitrogens with zero attached hydrogens (tertiary/aromatic N) is 1. The Hall–Kier alpha value is -3.39. The maximum atomic E-state index is 12.8. The van der Waals surface area contributed by atoms with Crippen LogP contribution in [0.1, 0.15) is 70.6 Å². The number of aryl methyl sites for hydroxylation is 3. The van der Waals surface area contributed by atoms with E-state index in [2.05, 4.69) is 54.9 Å². The number of hydrogen-bond donors (Lipinski definition) is 3. The lowest BCUT2D eigenvalue weighted by Gasteiger charge is -2.24. The van der Waals surface area contributed by atoms with E-state index in [0.29, 0.717) is 32.0 Å². The number of amides is 3. The predicted molar refractivity (Wildman–Crippen MR) is 172 cm³/mol. The number of nitrogens with one attached hydrogen (secondary N) is 3. The van der Waals surface area contributed by atoms with E-state index in [1.807, 2.05) is 52.0 Å². The first-order valence-electron chi connectivity index (χ1n) is 15.4. The summed E-state index contributed by atoms with van der Waals surface area (Å²) in [6.07, 6.45) is 11.4. The zero-order valence-corrected chi connectivity index (χ0v) is 27.1. The van der Waals surface area contributed by atoms with Crippen LogP contribution >= 0.6 is 0 Å². The van der Waals surface area contributed by atoms with Crippen LogP contribution in [0.2, 0.25) is 0 Å². The molecule has 1 fully saturated rings. The quantitative estimate of drug-likeness (QED) is 0.445. The topological polar surface area (TPSA) is 99.8 Å². The minimum absolute atomic E-state index is 0.0753. The van der Waals surface area contributed by atoms with Crippen LogP contribution in [0, 0.1) is 19.8 Å². The number of rotatable bonds is 4. The van der Waals surface area contributed by atoms with Crippen molar-refractivity contribution in [3.8, 4) is 0 Å². The molecule has 1 atom stereocenters. The summed E-state index contributed by atoms with van der Waals surface area (Å²) in [7, 11) is 1.61. The van der Waals surface area contributed by atoms with Gasteiger partial charge in [-0.25, -0.2) is 0 Å². The Kier molecular flexibility index (Phi) is 17.9. The van der Waals surface area contributed by atoms with Gasteiger partial charge in [0.15, 0.2) is 0 Å². The van der Waals surface area contributed by atoms with E-state index in [1.54, 1.807) is 7.05 Å². The molecule has 0 spiro atoms. The summed E-state index contributed by atoms with van der Waals surface area (Å²) in [5, 5.41) is 8.67. The highest BCUT2D eigenvalue weighted by atomic mass is 16.5. The summed E-state index contributed by atoms with van der Waals surface area (Å²) in [4.78, 5) is 38.3. The first-order chi connectivity index (χ1) is 20.2. The summed E-state index contributed by atoms with van der Waals surface area (Å²) in [5.41, 5.74) is 5.23. The average molecular weight is 583 g/mol. The molecule has 1 unspecified atom stereocenters. The van der Waals surface area contributed by atoms with Crippen molar-refractivity contribution in [2.24, 2.45) is 5.92 Å². The van der Waals surface area contributed by atoms with Crippen LogP contribution in [0.3, 0.4) is 0 Å². The lowest BCUT2D eigenvalue weighted by atomic mass is 10.1. The summed E-state index contributed by atoms with van der Waals surface area (Å²) in [5.74, 6) is 0.325. The lowest BCUT2D eigenvalue weighted by Crippen LogP contribution is -2.50. The second-order valence-corrected chi connectivity index (χ2v) is 10.5. The molecule has 1 aromatic rings. The Morgan fingerprint density at radius 3 is 2.31 bits per heavy atom. The molecule has 0 saturated heterocycles. The van der Waals surface area contributed by atoms with E-state index in [0.717, 1.165) is 30.6 Å². The van der Waals surface area contributed by atoms with Gasteiger partial charge in [-0.3, -0.25) is 14.4 Å². The SMILES string of the molecule is CC.CCc1ccc(C)c(C)c1.C\C=C/C=C\C1=C(/C)CCNC(=O)CNC(=O)CN(C)C(=O)C(C2CC2)NCCO1. The van der Waals surface area contributed by atoms with Crippen molar-refractivity contribution >= 4 is 17.7 Å². The number of carbonyl (C=O) groups is 3. The molecule has 1 aliphatic heterocycles. The van der Waals surface area contributed by atoms with E-state index < -0.39 is 0 Å². The molecule has 1 saturated carbocycles. The molecule has 2 aliphatic rings. The summed E-state index contributed by atoms with van der Waals surface area (Å²) >= 11 is 0. The van der Waals surface area contributed by atoms with Crippen molar-refractivity contribution in [3.05, 3.63) is 70.5 Å². The highest BCUT2D eigenvalue weighted by Crippen LogP contribution is 2.33. The van der Waals surface area contributed by atoms with Gasteiger partial charge >= 0.3 is 0 Å². The third-order valence-corrected chi connectivity index (χ3v) is 7.06. The first kappa shape index (κ1) is 36.6. The van der Waals surface area contributed by atoms with Crippen molar-refractivity contribution in [3.63, 3.8) is 0 Å². The molecule has 3 rings (SSSR count). The molecule has 1 aliphatic carbocycles. The number of hydrogen-bond acceptors (Lipinski definition) is 5. The molecule has 42 heavy (non-hydrogen) atoms. The van der Waals surface area contributed by atoms with E-state index in [1.165, 1.54) is 21.6 Å². The van der Waals surface area contributed by atoms with Crippen molar-refractivity contribution in [1.29, 1.82) is 0 Å². The minimum atomic E-state index is -0.351. The van der Waals surface area contributed by atoms with Crippen LogP contribution in [-0.4, -0.2) is 68.5 Å². The smallest absolute Gasteiger partial charge is 0.240 e.